The quantitative estimate of drug-likeness (QED) is 0.762. The van der Waals surface area contributed by atoms with Crippen LogP contribution < -0.4 is 5.14 Å². The number of carboxylic acids is 1. The minimum atomic E-state index is -3.71. The first-order valence-electron chi connectivity index (χ1n) is 4.35. The number of hydrogen-bond acceptors (Lipinski definition) is 3. The van der Waals surface area contributed by atoms with E-state index in [1.807, 2.05) is 0 Å². The first kappa shape index (κ1) is 12.4. The Balaban J connectivity index is 3.15. The number of aliphatic carboxylic acids is 1. The highest BCUT2D eigenvalue weighted by molar-refractivity contribution is 7.89. The Bertz CT molecular complexity index is 546. The van der Waals surface area contributed by atoms with Crippen molar-refractivity contribution in [2.75, 3.05) is 0 Å². The maximum Gasteiger partial charge on any atom is 0.328 e. The van der Waals surface area contributed by atoms with Gasteiger partial charge in [-0.2, -0.15) is 0 Å². The summed E-state index contributed by atoms with van der Waals surface area (Å²) in [5.41, 5.74) is 1.28. The molecule has 86 valence electrons. The fourth-order valence-corrected chi connectivity index (χ4v) is 1.77. The highest BCUT2D eigenvalue weighted by Gasteiger charge is 2.08. The van der Waals surface area contributed by atoms with Crippen molar-refractivity contribution in [3.05, 3.63) is 35.4 Å². The summed E-state index contributed by atoms with van der Waals surface area (Å²) >= 11 is 0. The largest absolute Gasteiger partial charge is 0.478 e. The van der Waals surface area contributed by atoms with Crippen LogP contribution >= 0.6 is 0 Å². The molecule has 0 saturated heterocycles. The molecule has 0 unspecified atom stereocenters. The average Bonchev–Trinajstić information content (AvgIpc) is 2.14. The van der Waals surface area contributed by atoms with Crippen LogP contribution in [0.1, 0.15) is 11.1 Å². The van der Waals surface area contributed by atoms with Gasteiger partial charge >= 0.3 is 5.97 Å². The molecule has 16 heavy (non-hydrogen) atoms. The molecule has 3 N–H and O–H groups in total. The molecule has 0 atom stereocenters. The van der Waals surface area contributed by atoms with Crippen molar-refractivity contribution in [3.8, 4) is 0 Å². The number of sulfonamides is 1. The molecule has 0 radical (unpaired) electrons. The minimum absolute atomic E-state index is 0.0116. The number of aryl methyl sites for hydroxylation is 1. The molecular formula is C10H11NO4S. The fraction of sp³-hybridized carbons (Fsp3) is 0.100. The van der Waals surface area contributed by atoms with E-state index in [4.69, 9.17) is 10.2 Å². The lowest BCUT2D eigenvalue weighted by molar-refractivity contribution is -0.131. The summed E-state index contributed by atoms with van der Waals surface area (Å²) in [6.07, 6.45) is 2.38. The summed E-state index contributed by atoms with van der Waals surface area (Å²) in [6.45, 7) is 1.68. The van der Waals surface area contributed by atoms with Crippen LogP contribution in [0.3, 0.4) is 0 Å². The third kappa shape index (κ3) is 3.18. The van der Waals surface area contributed by atoms with Gasteiger partial charge in [0, 0.05) is 6.08 Å². The number of benzene rings is 1. The van der Waals surface area contributed by atoms with Gasteiger partial charge in [0.15, 0.2) is 0 Å². The lowest BCUT2D eigenvalue weighted by Gasteiger charge is -2.03. The third-order valence-electron chi connectivity index (χ3n) is 1.98. The van der Waals surface area contributed by atoms with Gasteiger partial charge in [-0.15, -0.1) is 0 Å². The topological polar surface area (TPSA) is 97.5 Å². The average molecular weight is 241 g/mol. The number of rotatable bonds is 3. The van der Waals surface area contributed by atoms with Gasteiger partial charge in [-0.25, -0.2) is 18.4 Å². The highest BCUT2D eigenvalue weighted by atomic mass is 32.2. The summed E-state index contributed by atoms with van der Waals surface area (Å²) in [5, 5.41) is 13.4. The molecule has 0 amide bonds. The van der Waals surface area contributed by atoms with Gasteiger partial charge in [0.1, 0.15) is 0 Å². The van der Waals surface area contributed by atoms with Crippen molar-refractivity contribution in [1.82, 2.24) is 0 Å². The second kappa shape index (κ2) is 4.46. The molecule has 0 aromatic heterocycles. The van der Waals surface area contributed by atoms with E-state index >= 15 is 0 Å². The van der Waals surface area contributed by atoms with Crippen molar-refractivity contribution in [2.24, 2.45) is 5.14 Å². The van der Waals surface area contributed by atoms with Crippen LogP contribution in [0.2, 0.25) is 0 Å². The highest BCUT2D eigenvalue weighted by Crippen LogP contribution is 2.15. The Hall–Kier alpha value is -1.66. The third-order valence-corrected chi connectivity index (χ3v) is 2.89. The smallest absolute Gasteiger partial charge is 0.328 e. The second-order valence-corrected chi connectivity index (χ2v) is 4.80. The van der Waals surface area contributed by atoms with Crippen LogP contribution in [0.4, 0.5) is 0 Å². The zero-order valence-corrected chi connectivity index (χ0v) is 9.36. The van der Waals surface area contributed by atoms with Crippen molar-refractivity contribution >= 4 is 22.1 Å². The minimum Gasteiger partial charge on any atom is -0.478 e. The van der Waals surface area contributed by atoms with Gasteiger partial charge in [0.25, 0.3) is 0 Å². The molecule has 0 aliphatic heterocycles. The van der Waals surface area contributed by atoms with E-state index in [0.29, 0.717) is 11.1 Å². The number of primary sulfonamides is 1. The Morgan fingerprint density at radius 2 is 2.06 bits per heavy atom. The molecular weight excluding hydrogens is 230 g/mol. The predicted octanol–water partition coefficient (Wildman–Crippen LogP) is 0.740. The molecule has 0 saturated carbocycles. The van der Waals surface area contributed by atoms with Crippen molar-refractivity contribution in [3.63, 3.8) is 0 Å². The first-order valence-corrected chi connectivity index (χ1v) is 5.90. The zero-order chi connectivity index (χ0) is 12.3. The Morgan fingerprint density at radius 1 is 1.44 bits per heavy atom. The van der Waals surface area contributed by atoms with E-state index in [-0.39, 0.29) is 4.90 Å². The van der Waals surface area contributed by atoms with E-state index in [2.05, 4.69) is 0 Å². The molecule has 0 bridgehead atoms. The van der Waals surface area contributed by atoms with Gasteiger partial charge in [-0.1, -0.05) is 6.07 Å². The molecule has 1 aromatic carbocycles. The molecule has 0 spiro atoms. The van der Waals surface area contributed by atoms with Gasteiger partial charge in [0.2, 0.25) is 10.0 Å². The molecule has 0 fully saturated rings. The van der Waals surface area contributed by atoms with Gasteiger partial charge in [-0.05, 0) is 36.3 Å². The normalized spacial score (nSPS) is 11.9. The summed E-state index contributed by atoms with van der Waals surface area (Å²) < 4.78 is 22.1. The van der Waals surface area contributed by atoms with Gasteiger partial charge in [-0.3, -0.25) is 0 Å². The van der Waals surface area contributed by atoms with Crippen LogP contribution in [-0.2, 0) is 14.8 Å². The molecule has 0 aliphatic carbocycles. The van der Waals surface area contributed by atoms with Crippen molar-refractivity contribution in [2.45, 2.75) is 11.8 Å². The Labute approximate surface area is 93.3 Å². The molecule has 1 rings (SSSR count). The lowest BCUT2D eigenvalue weighted by Crippen LogP contribution is -2.12. The van der Waals surface area contributed by atoms with E-state index in [1.165, 1.54) is 24.3 Å². The molecule has 0 heterocycles. The maximum absolute atomic E-state index is 11.0. The summed E-state index contributed by atoms with van der Waals surface area (Å²) in [7, 11) is -3.71. The Kier molecular flexibility index (Phi) is 3.46. The van der Waals surface area contributed by atoms with Gasteiger partial charge < -0.3 is 5.11 Å². The number of carboxylic acid groups (broad SMARTS) is 1. The van der Waals surface area contributed by atoms with E-state index in [1.54, 1.807) is 6.92 Å². The zero-order valence-electron chi connectivity index (χ0n) is 8.54. The predicted molar refractivity (Wildman–Crippen MR) is 59.2 cm³/mol. The first-order chi connectivity index (χ1) is 7.30. The van der Waals surface area contributed by atoms with Crippen molar-refractivity contribution in [1.29, 1.82) is 0 Å². The second-order valence-electron chi connectivity index (χ2n) is 3.23. The van der Waals surface area contributed by atoms with Crippen LogP contribution in [0, 0.1) is 6.92 Å². The summed E-state index contributed by atoms with van der Waals surface area (Å²) in [6, 6.07) is 4.25. The van der Waals surface area contributed by atoms with Crippen LogP contribution in [0.5, 0.6) is 0 Å². The van der Waals surface area contributed by atoms with Crippen LogP contribution in [-0.4, -0.2) is 19.5 Å². The maximum atomic E-state index is 11.0. The molecule has 1 aromatic rings. The number of carbonyl (C=O) groups is 1. The van der Waals surface area contributed by atoms with Crippen LogP contribution in [0.25, 0.3) is 6.08 Å². The Morgan fingerprint density at radius 3 is 2.50 bits per heavy atom. The molecule has 0 aliphatic rings. The summed E-state index contributed by atoms with van der Waals surface area (Å²) in [5.74, 6) is -1.06. The van der Waals surface area contributed by atoms with Gasteiger partial charge in [0.05, 0.1) is 4.90 Å². The van der Waals surface area contributed by atoms with Crippen LogP contribution in [0.15, 0.2) is 29.2 Å². The van der Waals surface area contributed by atoms with E-state index in [9.17, 15) is 13.2 Å². The number of hydrogen-bond donors (Lipinski definition) is 2. The summed E-state index contributed by atoms with van der Waals surface area (Å²) in [4.78, 5) is 10.3. The lowest BCUT2D eigenvalue weighted by atomic mass is 10.1. The van der Waals surface area contributed by atoms with Crippen molar-refractivity contribution < 1.29 is 18.3 Å². The number of nitrogens with two attached hydrogens (primary N) is 1. The fourth-order valence-electron chi connectivity index (χ4n) is 1.17. The van der Waals surface area contributed by atoms with E-state index < -0.39 is 16.0 Å². The SMILES string of the molecule is Cc1cc(S(N)(=O)=O)ccc1C=CC(=O)O. The molecule has 5 nitrogen and oxygen atoms in total. The monoisotopic (exact) mass is 241 g/mol. The van der Waals surface area contributed by atoms with E-state index in [0.717, 1.165) is 6.08 Å². The molecule has 6 heteroatoms. The standard InChI is InChI=1S/C10H11NO4S/c1-7-6-9(16(11,14)15)4-2-8(7)3-5-10(12)13/h2-6H,1H3,(H,12,13)(H2,11,14,15).